The molecule has 0 saturated carbocycles. The van der Waals surface area contributed by atoms with Crippen LogP contribution in [-0.2, 0) is 17.7 Å². The van der Waals surface area contributed by atoms with Crippen molar-refractivity contribution in [2.45, 2.75) is 78.5 Å². The highest BCUT2D eigenvalue weighted by Gasteiger charge is 2.36. The summed E-state index contributed by atoms with van der Waals surface area (Å²) in [5, 5.41) is 8.28. The Bertz CT molecular complexity index is 402. The van der Waals surface area contributed by atoms with Crippen molar-refractivity contribution in [3.8, 4) is 0 Å². The van der Waals surface area contributed by atoms with E-state index in [1.165, 1.54) is 5.69 Å². The smallest absolute Gasteiger partial charge is 0.0829 e. The van der Waals surface area contributed by atoms with E-state index in [0.717, 1.165) is 44.5 Å². The van der Waals surface area contributed by atoms with Crippen LogP contribution in [0.15, 0.2) is 6.07 Å². The molecule has 122 valence electrons. The van der Waals surface area contributed by atoms with Crippen LogP contribution < -0.4 is 5.32 Å². The summed E-state index contributed by atoms with van der Waals surface area (Å²) < 4.78 is 8.07. The van der Waals surface area contributed by atoms with E-state index in [1.54, 1.807) is 0 Å². The van der Waals surface area contributed by atoms with Gasteiger partial charge in [0.05, 0.1) is 11.3 Å². The van der Waals surface area contributed by atoms with Gasteiger partial charge in [0.15, 0.2) is 0 Å². The second-order valence-electron chi connectivity index (χ2n) is 5.78. The van der Waals surface area contributed by atoms with E-state index in [1.807, 2.05) is 7.11 Å². The fraction of sp³-hybridized carbons (Fsp3) is 0.824. The molecule has 1 unspecified atom stereocenters. The topological polar surface area (TPSA) is 39.1 Å². The molecule has 1 heterocycles. The SMILES string of the molecule is CCCNC(Cc1cc(C)nn1CC)C(CC)(CC)OC. The maximum atomic E-state index is 5.96. The minimum absolute atomic E-state index is 0.105. The molecular formula is C17H33N3O. The average Bonchev–Trinajstić information content (AvgIpc) is 2.86. The summed E-state index contributed by atoms with van der Waals surface area (Å²) in [7, 11) is 1.84. The Labute approximate surface area is 130 Å². The molecule has 4 heteroatoms. The van der Waals surface area contributed by atoms with Crippen LogP contribution in [0.5, 0.6) is 0 Å². The molecule has 0 spiro atoms. The Morgan fingerprint density at radius 2 is 1.95 bits per heavy atom. The van der Waals surface area contributed by atoms with Crippen LogP contribution in [0.2, 0.25) is 0 Å². The highest BCUT2D eigenvalue weighted by molar-refractivity contribution is 5.12. The molecular weight excluding hydrogens is 262 g/mol. The van der Waals surface area contributed by atoms with Crippen LogP contribution in [0.4, 0.5) is 0 Å². The third-order valence-corrected chi connectivity index (χ3v) is 4.58. The quantitative estimate of drug-likeness (QED) is 0.719. The Balaban J connectivity index is 3.01. The lowest BCUT2D eigenvalue weighted by atomic mass is 9.85. The standard InChI is InChI=1S/C17H33N3O/c1-7-11-18-16(17(8-2,9-3)21-6)13-15-12-14(5)19-20(15)10-4/h12,16,18H,7-11,13H2,1-6H3. The molecule has 0 saturated heterocycles. The highest BCUT2D eigenvalue weighted by Crippen LogP contribution is 2.27. The molecule has 0 aliphatic heterocycles. The fourth-order valence-corrected chi connectivity index (χ4v) is 3.18. The number of hydrogen-bond donors (Lipinski definition) is 1. The van der Waals surface area contributed by atoms with Gasteiger partial charge < -0.3 is 10.1 Å². The van der Waals surface area contributed by atoms with Crippen molar-refractivity contribution >= 4 is 0 Å². The summed E-state index contributed by atoms with van der Waals surface area (Å²) in [6.07, 6.45) is 4.13. The van der Waals surface area contributed by atoms with E-state index in [-0.39, 0.29) is 5.60 Å². The first-order valence-corrected chi connectivity index (χ1v) is 8.38. The van der Waals surface area contributed by atoms with Crippen molar-refractivity contribution in [2.24, 2.45) is 0 Å². The molecule has 0 radical (unpaired) electrons. The minimum atomic E-state index is -0.105. The molecule has 0 fully saturated rings. The van der Waals surface area contributed by atoms with E-state index in [0.29, 0.717) is 6.04 Å². The molecule has 1 aromatic rings. The second-order valence-corrected chi connectivity index (χ2v) is 5.78. The Hall–Kier alpha value is -0.870. The maximum Gasteiger partial charge on any atom is 0.0829 e. The summed E-state index contributed by atoms with van der Waals surface area (Å²) in [6, 6.07) is 2.52. The van der Waals surface area contributed by atoms with Gasteiger partial charge >= 0.3 is 0 Å². The number of aryl methyl sites for hydroxylation is 2. The number of rotatable bonds is 10. The van der Waals surface area contributed by atoms with Gasteiger partial charge in [-0.25, -0.2) is 0 Å². The van der Waals surface area contributed by atoms with Crippen LogP contribution in [0.1, 0.15) is 58.3 Å². The predicted octanol–water partition coefficient (Wildman–Crippen LogP) is 3.33. The first-order chi connectivity index (χ1) is 10.1. The largest absolute Gasteiger partial charge is 0.377 e. The van der Waals surface area contributed by atoms with E-state index in [2.05, 4.69) is 55.8 Å². The number of ether oxygens (including phenoxy) is 1. The molecule has 1 rings (SSSR count). The number of aromatic nitrogens is 2. The summed E-state index contributed by atoms with van der Waals surface area (Å²) in [5.74, 6) is 0. The van der Waals surface area contributed by atoms with E-state index >= 15 is 0 Å². The van der Waals surface area contributed by atoms with Crippen molar-refractivity contribution in [1.29, 1.82) is 0 Å². The molecule has 21 heavy (non-hydrogen) atoms. The van der Waals surface area contributed by atoms with E-state index in [9.17, 15) is 0 Å². The molecule has 0 aromatic carbocycles. The molecule has 1 atom stereocenters. The zero-order valence-electron chi connectivity index (χ0n) is 14.7. The van der Waals surface area contributed by atoms with Gasteiger partial charge in [0.25, 0.3) is 0 Å². The molecule has 1 N–H and O–H groups in total. The third-order valence-electron chi connectivity index (χ3n) is 4.58. The lowest BCUT2D eigenvalue weighted by Crippen LogP contribution is -2.53. The van der Waals surface area contributed by atoms with Crippen LogP contribution in [-0.4, -0.2) is 35.1 Å². The summed E-state index contributed by atoms with van der Waals surface area (Å²) in [6.45, 7) is 12.8. The molecule has 0 aliphatic carbocycles. The summed E-state index contributed by atoms with van der Waals surface area (Å²) >= 11 is 0. The fourth-order valence-electron chi connectivity index (χ4n) is 3.18. The van der Waals surface area contributed by atoms with Gasteiger partial charge in [-0.2, -0.15) is 5.10 Å². The summed E-state index contributed by atoms with van der Waals surface area (Å²) in [5.41, 5.74) is 2.29. The van der Waals surface area contributed by atoms with Crippen molar-refractivity contribution < 1.29 is 4.74 Å². The van der Waals surface area contributed by atoms with Crippen LogP contribution in [0.25, 0.3) is 0 Å². The molecule has 1 aromatic heterocycles. The van der Waals surface area contributed by atoms with Gasteiger partial charge in [-0.1, -0.05) is 20.8 Å². The first kappa shape index (κ1) is 18.2. The summed E-state index contributed by atoms with van der Waals surface area (Å²) in [4.78, 5) is 0. The average molecular weight is 295 g/mol. The minimum Gasteiger partial charge on any atom is -0.377 e. The monoisotopic (exact) mass is 295 g/mol. The van der Waals surface area contributed by atoms with E-state index < -0.39 is 0 Å². The predicted molar refractivity (Wildman–Crippen MR) is 88.7 cm³/mol. The second kappa shape index (κ2) is 8.54. The normalized spacial score (nSPS) is 13.6. The van der Waals surface area contributed by atoms with Crippen molar-refractivity contribution in [3.63, 3.8) is 0 Å². The van der Waals surface area contributed by atoms with Crippen LogP contribution in [0.3, 0.4) is 0 Å². The zero-order chi connectivity index (χ0) is 15.9. The Morgan fingerprint density at radius 3 is 2.43 bits per heavy atom. The Morgan fingerprint density at radius 1 is 1.29 bits per heavy atom. The first-order valence-electron chi connectivity index (χ1n) is 8.38. The van der Waals surface area contributed by atoms with Crippen LogP contribution in [0, 0.1) is 6.92 Å². The number of nitrogens with zero attached hydrogens (tertiary/aromatic N) is 2. The number of hydrogen-bond acceptors (Lipinski definition) is 3. The van der Waals surface area contributed by atoms with Crippen molar-refractivity contribution in [1.82, 2.24) is 15.1 Å². The molecule has 0 bridgehead atoms. The molecule has 4 nitrogen and oxygen atoms in total. The van der Waals surface area contributed by atoms with Gasteiger partial charge in [0.1, 0.15) is 0 Å². The highest BCUT2D eigenvalue weighted by atomic mass is 16.5. The van der Waals surface area contributed by atoms with Gasteiger partial charge in [-0.15, -0.1) is 0 Å². The van der Waals surface area contributed by atoms with Gasteiger partial charge in [-0.05, 0) is 45.7 Å². The van der Waals surface area contributed by atoms with E-state index in [4.69, 9.17) is 4.74 Å². The Kier molecular flexibility index (Phi) is 7.40. The lowest BCUT2D eigenvalue weighted by molar-refractivity contribution is -0.0475. The van der Waals surface area contributed by atoms with Crippen LogP contribution >= 0.6 is 0 Å². The molecule has 0 amide bonds. The third kappa shape index (κ3) is 4.30. The van der Waals surface area contributed by atoms with Gasteiger partial charge in [0.2, 0.25) is 0 Å². The van der Waals surface area contributed by atoms with Gasteiger partial charge in [0, 0.05) is 31.8 Å². The number of nitrogens with one attached hydrogen (secondary N) is 1. The number of methoxy groups -OCH3 is 1. The van der Waals surface area contributed by atoms with Gasteiger partial charge in [-0.3, -0.25) is 4.68 Å². The molecule has 0 aliphatic rings. The lowest BCUT2D eigenvalue weighted by Gasteiger charge is -2.39. The van der Waals surface area contributed by atoms with Crippen molar-refractivity contribution in [2.75, 3.05) is 13.7 Å². The van der Waals surface area contributed by atoms with Crippen molar-refractivity contribution in [3.05, 3.63) is 17.5 Å². The zero-order valence-corrected chi connectivity index (χ0v) is 14.7. The maximum absolute atomic E-state index is 5.96.